The number of nitrogens with one attached hydrogen (secondary N) is 2. The maximum atomic E-state index is 12.9. The Labute approximate surface area is 200 Å². The topological polar surface area (TPSA) is 92.9 Å². The Hall–Kier alpha value is -3.29. The first-order chi connectivity index (χ1) is 15.9. The summed E-state index contributed by atoms with van der Waals surface area (Å²) in [6.07, 6.45) is 2.13. The third kappa shape index (κ3) is 5.05. The monoisotopic (exact) mass is 485 g/mol. The zero-order chi connectivity index (χ0) is 23.5. The molecule has 0 unspecified atom stereocenters. The number of ether oxygens (including phenoxy) is 1. The molecule has 0 bridgehead atoms. The Morgan fingerprint density at radius 2 is 1.73 bits per heavy atom. The first-order valence-electron chi connectivity index (χ1n) is 10.3. The smallest absolute Gasteiger partial charge is 0.291 e. The van der Waals surface area contributed by atoms with Gasteiger partial charge in [-0.3, -0.25) is 9.59 Å². The van der Waals surface area contributed by atoms with E-state index < -0.39 is 5.91 Å². The van der Waals surface area contributed by atoms with Gasteiger partial charge in [0.15, 0.2) is 5.76 Å². The summed E-state index contributed by atoms with van der Waals surface area (Å²) in [4.78, 5) is 25.4. The molecule has 2 amide bonds. The van der Waals surface area contributed by atoms with Crippen LogP contribution in [-0.4, -0.2) is 24.6 Å². The van der Waals surface area contributed by atoms with Crippen molar-refractivity contribution in [3.05, 3.63) is 80.7 Å². The van der Waals surface area contributed by atoms with Crippen LogP contribution in [0.5, 0.6) is 5.75 Å². The van der Waals surface area contributed by atoms with Crippen molar-refractivity contribution in [2.24, 2.45) is 5.10 Å². The van der Waals surface area contributed by atoms with E-state index in [-0.39, 0.29) is 11.7 Å². The molecule has 1 aliphatic rings. The Bertz CT molecular complexity index is 1230. The molecule has 0 atom stereocenters. The summed E-state index contributed by atoms with van der Waals surface area (Å²) in [5, 5.41) is 7.93. The second kappa shape index (κ2) is 9.68. The maximum Gasteiger partial charge on any atom is 0.291 e. The molecule has 1 aliphatic carbocycles. The van der Waals surface area contributed by atoms with Crippen LogP contribution in [0.1, 0.15) is 50.6 Å². The predicted molar refractivity (Wildman–Crippen MR) is 128 cm³/mol. The van der Waals surface area contributed by atoms with Crippen LogP contribution in [0.3, 0.4) is 0 Å². The van der Waals surface area contributed by atoms with Crippen molar-refractivity contribution in [3.8, 4) is 5.75 Å². The van der Waals surface area contributed by atoms with Gasteiger partial charge in [-0.2, -0.15) is 5.10 Å². The van der Waals surface area contributed by atoms with Crippen LogP contribution in [0.15, 0.2) is 52.0 Å². The van der Waals surface area contributed by atoms with Gasteiger partial charge in [0.2, 0.25) is 0 Å². The van der Waals surface area contributed by atoms with E-state index in [1.54, 1.807) is 56.5 Å². The van der Waals surface area contributed by atoms with Crippen molar-refractivity contribution in [1.82, 2.24) is 5.43 Å². The molecule has 0 radical (unpaired) electrons. The summed E-state index contributed by atoms with van der Waals surface area (Å²) in [5.74, 6) is 0.767. The predicted octanol–water partition coefficient (Wildman–Crippen LogP) is 5.63. The highest BCUT2D eigenvalue weighted by atomic mass is 35.5. The van der Waals surface area contributed by atoms with E-state index in [1.807, 2.05) is 0 Å². The Morgan fingerprint density at radius 1 is 1.03 bits per heavy atom. The van der Waals surface area contributed by atoms with Crippen LogP contribution >= 0.6 is 23.2 Å². The zero-order valence-electron chi connectivity index (χ0n) is 18.0. The van der Waals surface area contributed by atoms with Crippen molar-refractivity contribution in [1.29, 1.82) is 0 Å². The summed E-state index contributed by atoms with van der Waals surface area (Å²) in [7, 11) is 1.56. The average Bonchev–Trinajstić information content (AvgIpc) is 3.14. The number of aryl methyl sites for hydroxylation is 1. The summed E-state index contributed by atoms with van der Waals surface area (Å²) in [6, 6.07) is 11.5. The minimum atomic E-state index is -0.415. The van der Waals surface area contributed by atoms with E-state index in [2.05, 4.69) is 15.8 Å². The molecule has 0 aliphatic heterocycles. The molecule has 170 valence electrons. The van der Waals surface area contributed by atoms with Crippen LogP contribution in [0.25, 0.3) is 0 Å². The number of methoxy groups -OCH3 is 1. The van der Waals surface area contributed by atoms with Gasteiger partial charge in [-0.05, 0) is 62.2 Å². The van der Waals surface area contributed by atoms with Crippen molar-refractivity contribution in [2.45, 2.75) is 26.2 Å². The molecule has 4 rings (SSSR count). The molecule has 9 heteroatoms. The first-order valence-corrected chi connectivity index (χ1v) is 11.0. The van der Waals surface area contributed by atoms with Crippen LogP contribution in [-0.2, 0) is 6.42 Å². The van der Waals surface area contributed by atoms with Crippen LogP contribution in [0.2, 0.25) is 10.0 Å². The second-order valence-corrected chi connectivity index (χ2v) is 8.42. The molecule has 0 saturated heterocycles. The molecule has 7 nitrogen and oxygen atoms in total. The molecule has 2 N–H and O–H groups in total. The lowest BCUT2D eigenvalue weighted by molar-refractivity contribution is 0.0953. The fourth-order valence-electron chi connectivity index (χ4n) is 3.74. The third-order valence-electron chi connectivity index (χ3n) is 5.30. The second-order valence-electron chi connectivity index (χ2n) is 7.55. The number of rotatable bonds is 5. The largest absolute Gasteiger partial charge is 0.497 e. The third-order valence-corrected chi connectivity index (χ3v) is 5.73. The lowest BCUT2D eigenvalue weighted by Gasteiger charge is -2.13. The van der Waals surface area contributed by atoms with Crippen molar-refractivity contribution < 1.29 is 18.7 Å². The van der Waals surface area contributed by atoms with E-state index in [9.17, 15) is 9.59 Å². The fraction of sp³-hybridized carbons (Fsp3) is 0.208. The Kier molecular flexibility index (Phi) is 6.72. The van der Waals surface area contributed by atoms with Crippen LogP contribution in [0, 0.1) is 6.92 Å². The molecular weight excluding hydrogens is 465 g/mol. The van der Waals surface area contributed by atoms with E-state index in [0.29, 0.717) is 56.9 Å². The van der Waals surface area contributed by atoms with Crippen molar-refractivity contribution >= 4 is 46.4 Å². The highest BCUT2D eigenvalue weighted by Gasteiger charge is 2.28. The summed E-state index contributed by atoms with van der Waals surface area (Å²) in [6.45, 7) is 1.80. The molecule has 0 saturated carbocycles. The van der Waals surface area contributed by atoms with Gasteiger partial charge in [0.1, 0.15) is 11.5 Å². The Morgan fingerprint density at radius 3 is 2.39 bits per heavy atom. The van der Waals surface area contributed by atoms with Crippen LogP contribution < -0.4 is 15.5 Å². The van der Waals surface area contributed by atoms with Gasteiger partial charge in [-0.1, -0.05) is 23.2 Å². The van der Waals surface area contributed by atoms with Crippen molar-refractivity contribution in [3.63, 3.8) is 0 Å². The minimum Gasteiger partial charge on any atom is -0.497 e. The number of fused-ring (bicyclic) bond motifs is 1. The lowest BCUT2D eigenvalue weighted by atomic mass is 9.93. The quantitative estimate of drug-likeness (QED) is 0.458. The average molecular weight is 486 g/mol. The van der Waals surface area contributed by atoms with E-state index in [0.717, 1.165) is 12.0 Å². The molecule has 1 heterocycles. The van der Waals surface area contributed by atoms with E-state index >= 15 is 0 Å². The SMILES string of the molecule is COc1ccc(C(=O)N/N=C2\CCCc3oc(C(=O)Nc4cc(Cl)cc(Cl)c4)c(C)c32)cc1. The number of hydrogen-bond acceptors (Lipinski definition) is 5. The number of carbonyl (C=O) groups excluding carboxylic acids is 2. The van der Waals surface area contributed by atoms with Gasteiger partial charge < -0.3 is 14.5 Å². The fourth-order valence-corrected chi connectivity index (χ4v) is 4.26. The van der Waals surface area contributed by atoms with Gasteiger partial charge in [-0.15, -0.1) is 0 Å². The molecule has 33 heavy (non-hydrogen) atoms. The van der Waals surface area contributed by atoms with Gasteiger partial charge >= 0.3 is 0 Å². The maximum absolute atomic E-state index is 12.9. The van der Waals surface area contributed by atoms with E-state index in [1.165, 1.54) is 0 Å². The number of hydrazone groups is 1. The number of anilines is 1. The summed E-state index contributed by atoms with van der Waals surface area (Å²) in [5.41, 5.74) is 5.61. The standard InChI is InChI=1S/C24H21Cl2N3O4/c1-13-21-19(28-29-23(30)14-6-8-18(32-2)9-7-14)4-3-5-20(21)33-22(13)24(31)27-17-11-15(25)10-16(26)12-17/h6-12H,3-5H2,1-2H3,(H,27,31)(H,29,30)/b28-19+. The van der Waals surface area contributed by atoms with Gasteiger partial charge in [-0.25, -0.2) is 5.43 Å². The number of halogens is 2. The summed E-state index contributed by atoms with van der Waals surface area (Å²) < 4.78 is 11.0. The zero-order valence-corrected chi connectivity index (χ0v) is 19.5. The normalized spacial score (nSPS) is 14.0. The highest BCUT2D eigenvalue weighted by molar-refractivity contribution is 6.35. The van der Waals surface area contributed by atoms with E-state index in [4.69, 9.17) is 32.4 Å². The minimum absolute atomic E-state index is 0.187. The van der Waals surface area contributed by atoms with Gasteiger partial charge in [0.05, 0.1) is 12.8 Å². The summed E-state index contributed by atoms with van der Waals surface area (Å²) >= 11 is 12.0. The van der Waals surface area contributed by atoms with Crippen molar-refractivity contribution in [2.75, 3.05) is 12.4 Å². The Balaban J connectivity index is 1.55. The number of benzene rings is 2. The number of amides is 2. The number of hydrogen-bond donors (Lipinski definition) is 2. The van der Waals surface area contributed by atoms with Gasteiger partial charge in [0, 0.05) is 38.8 Å². The van der Waals surface area contributed by atoms with Crippen LogP contribution in [0.4, 0.5) is 5.69 Å². The number of nitrogens with zero attached hydrogens (tertiary/aromatic N) is 1. The molecule has 2 aromatic carbocycles. The highest BCUT2D eigenvalue weighted by Crippen LogP contribution is 2.31. The van der Waals surface area contributed by atoms with Gasteiger partial charge in [0.25, 0.3) is 11.8 Å². The molecule has 1 aromatic heterocycles. The molecule has 3 aromatic rings. The molecule has 0 spiro atoms. The lowest BCUT2D eigenvalue weighted by Crippen LogP contribution is -2.22. The first kappa shape index (κ1) is 22.9. The number of furan rings is 1. The molecular formula is C24H21Cl2N3O4. The molecule has 0 fully saturated rings. The number of carbonyl (C=O) groups is 2.